The van der Waals surface area contributed by atoms with Crippen molar-refractivity contribution >= 4 is 5.91 Å². The van der Waals surface area contributed by atoms with Crippen molar-refractivity contribution in [1.29, 1.82) is 5.26 Å². The van der Waals surface area contributed by atoms with Crippen molar-refractivity contribution in [2.45, 2.75) is 64.6 Å². The summed E-state index contributed by atoms with van der Waals surface area (Å²) >= 11 is 0. The van der Waals surface area contributed by atoms with Gasteiger partial charge in [0, 0.05) is 38.8 Å². The summed E-state index contributed by atoms with van der Waals surface area (Å²) in [5, 5.41) is 8.94. The molecule has 0 N–H and O–H groups in total. The lowest BCUT2D eigenvalue weighted by Gasteiger charge is -2.39. The summed E-state index contributed by atoms with van der Waals surface area (Å²) in [5.41, 5.74) is 1.96. The number of hydrogen-bond acceptors (Lipinski definition) is 4. The maximum atomic E-state index is 13.2. The molecule has 3 rings (SSSR count). The van der Waals surface area contributed by atoms with Gasteiger partial charge in [0.1, 0.15) is 0 Å². The molecular weight excluding hydrogens is 348 g/mol. The van der Waals surface area contributed by atoms with Crippen LogP contribution in [0.4, 0.5) is 0 Å². The van der Waals surface area contributed by atoms with Gasteiger partial charge < -0.3 is 4.90 Å². The highest BCUT2D eigenvalue weighted by Crippen LogP contribution is 2.22. The summed E-state index contributed by atoms with van der Waals surface area (Å²) in [5.74, 6) is 0.326. The lowest BCUT2D eigenvalue weighted by molar-refractivity contribution is -0.140. The van der Waals surface area contributed by atoms with E-state index in [1.54, 1.807) is 0 Å². The predicted octanol–water partition coefficient (Wildman–Crippen LogP) is 3.25. The minimum absolute atomic E-state index is 0.0259. The summed E-state index contributed by atoms with van der Waals surface area (Å²) in [6, 6.07) is 10.5. The lowest BCUT2D eigenvalue weighted by Crippen LogP contribution is -2.52. The van der Waals surface area contributed by atoms with Crippen LogP contribution in [0.3, 0.4) is 0 Å². The molecule has 2 fully saturated rings. The van der Waals surface area contributed by atoms with E-state index in [1.807, 2.05) is 12.1 Å². The molecule has 1 aromatic carbocycles. The number of carbonyl (C=O) groups is 1. The van der Waals surface area contributed by atoms with Crippen LogP contribution in [0.25, 0.3) is 0 Å². The summed E-state index contributed by atoms with van der Waals surface area (Å²) in [6.45, 7) is 10.1. The maximum absolute atomic E-state index is 13.2. The monoisotopic (exact) mass is 382 g/mol. The van der Waals surface area contributed by atoms with Gasteiger partial charge in [-0.1, -0.05) is 19.1 Å². The highest BCUT2D eigenvalue weighted by atomic mass is 16.2. The second kappa shape index (κ2) is 10.0. The van der Waals surface area contributed by atoms with Gasteiger partial charge in [0.2, 0.25) is 5.91 Å². The number of hydrogen-bond donors (Lipinski definition) is 0. The first-order valence-electron chi connectivity index (χ1n) is 10.9. The zero-order chi connectivity index (χ0) is 19.9. The number of benzene rings is 1. The van der Waals surface area contributed by atoms with E-state index < -0.39 is 0 Å². The topological polar surface area (TPSA) is 50.6 Å². The van der Waals surface area contributed by atoms with Crippen molar-refractivity contribution in [3.8, 4) is 6.07 Å². The Labute approximate surface area is 169 Å². The van der Waals surface area contributed by atoms with E-state index >= 15 is 0 Å². The molecule has 2 aliphatic rings. The van der Waals surface area contributed by atoms with Gasteiger partial charge in [-0.25, -0.2) is 0 Å². The van der Waals surface area contributed by atoms with Crippen LogP contribution < -0.4 is 0 Å². The van der Waals surface area contributed by atoms with Crippen molar-refractivity contribution in [2.75, 3.05) is 32.7 Å². The highest BCUT2D eigenvalue weighted by Gasteiger charge is 2.32. The van der Waals surface area contributed by atoms with Crippen LogP contribution in [0.5, 0.6) is 0 Å². The number of rotatable bonds is 5. The molecule has 2 atom stereocenters. The average molecular weight is 383 g/mol. The normalized spacial score (nSPS) is 23.0. The summed E-state index contributed by atoms with van der Waals surface area (Å²) in [7, 11) is 0. The SMILES string of the molecule is CCC1CCCCN1C(=O)C(C)N1CCCN(Cc2ccc(C#N)cc2)CC1. The van der Waals surface area contributed by atoms with Gasteiger partial charge >= 0.3 is 0 Å². The lowest BCUT2D eigenvalue weighted by atomic mass is 9.99. The predicted molar refractivity (Wildman–Crippen MR) is 112 cm³/mol. The van der Waals surface area contributed by atoms with Crippen LogP contribution in [-0.2, 0) is 11.3 Å². The van der Waals surface area contributed by atoms with Gasteiger partial charge in [-0.3, -0.25) is 14.6 Å². The van der Waals surface area contributed by atoms with Crippen LogP contribution >= 0.6 is 0 Å². The summed E-state index contributed by atoms with van der Waals surface area (Å²) in [4.78, 5) is 20.2. The molecule has 0 aliphatic carbocycles. The third kappa shape index (κ3) is 5.12. The Kier molecular flexibility index (Phi) is 7.47. The minimum atomic E-state index is -0.0259. The van der Waals surface area contributed by atoms with Gasteiger partial charge in [-0.2, -0.15) is 5.26 Å². The second-order valence-corrected chi connectivity index (χ2v) is 8.24. The zero-order valence-electron chi connectivity index (χ0n) is 17.4. The van der Waals surface area contributed by atoms with Gasteiger partial charge in [0.15, 0.2) is 0 Å². The van der Waals surface area contributed by atoms with Crippen LogP contribution in [0.15, 0.2) is 24.3 Å². The van der Waals surface area contributed by atoms with Gasteiger partial charge in [-0.15, -0.1) is 0 Å². The van der Waals surface area contributed by atoms with Crippen molar-refractivity contribution in [2.24, 2.45) is 0 Å². The number of piperidine rings is 1. The van der Waals surface area contributed by atoms with Crippen LogP contribution in [0, 0.1) is 11.3 Å². The van der Waals surface area contributed by atoms with Crippen LogP contribution in [0.1, 0.15) is 57.1 Å². The fraction of sp³-hybridized carbons (Fsp3) is 0.652. The molecule has 0 aromatic heterocycles. The molecular formula is C23H34N4O. The Morgan fingerprint density at radius 1 is 1.11 bits per heavy atom. The minimum Gasteiger partial charge on any atom is -0.338 e. The van der Waals surface area contributed by atoms with E-state index in [0.717, 1.165) is 65.0 Å². The maximum Gasteiger partial charge on any atom is 0.239 e. The van der Waals surface area contributed by atoms with E-state index in [9.17, 15) is 4.79 Å². The van der Waals surface area contributed by atoms with Crippen molar-refractivity contribution in [3.05, 3.63) is 35.4 Å². The Bertz CT molecular complexity index is 681. The first kappa shape index (κ1) is 20.8. The average Bonchev–Trinajstić information content (AvgIpc) is 2.98. The van der Waals surface area contributed by atoms with Crippen molar-refractivity contribution in [1.82, 2.24) is 14.7 Å². The van der Waals surface area contributed by atoms with Gasteiger partial charge in [0.05, 0.1) is 17.7 Å². The smallest absolute Gasteiger partial charge is 0.239 e. The fourth-order valence-electron chi connectivity index (χ4n) is 4.59. The van der Waals surface area contributed by atoms with Crippen LogP contribution in [-0.4, -0.2) is 65.4 Å². The molecule has 1 aromatic rings. The Hall–Kier alpha value is -1.90. The van der Waals surface area contributed by atoms with E-state index in [4.69, 9.17) is 5.26 Å². The van der Waals surface area contributed by atoms with E-state index in [1.165, 1.54) is 12.0 Å². The number of nitrogens with zero attached hydrogens (tertiary/aromatic N) is 4. The zero-order valence-corrected chi connectivity index (χ0v) is 17.4. The van der Waals surface area contributed by atoms with E-state index in [-0.39, 0.29) is 6.04 Å². The third-order valence-electron chi connectivity index (χ3n) is 6.40. The Balaban J connectivity index is 1.54. The first-order chi connectivity index (χ1) is 13.6. The van der Waals surface area contributed by atoms with E-state index in [0.29, 0.717) is 17.5 Å². The molecule has 5 heteroatoms. The summed E-state index contributed by atoms with van der Waals surface area (Å²) in [6.07, 6.45) is 5.72. The third-order valence-corrected chi connectivity index (χ3v) is 6.40. The molecule has 2 saturated heterocycles. The molecule has 152 valence electrons. The quantitative estimate of drug-likeness (QED) is 0.784. The highest BCUT2D eigenvalue weighted by molar-refractivity contribution is 5.82. The fourth-order valence-corrected chi connectivity index (χ4v) is 4.59. The largest absolute Gasteiger partial charge is 0.338 e. The first-order valence-corrected chi connectivity index (χ1v) is 10.9. The van der Waals surface area contributed by atoms with Gasteiger partial charge in [0.25, 0.3) is 0 Å². The molecule has 0 spiro atoms. The second-order valence-electron chi connectivity index (χ2n) is 8.24. The molecule has 2 unspecified atom stereocenters. The number of carbonyl (C=O) groups excluding carboxylic acids is 1. The van der Waals surface area contributed by atoms with E-state index in [2.05, 4.69) is 46.7 Å². The number of nitriles is 1. The molecule has 0 radical (unpaired) electrons. The van der Waals surface area contributed by atoms with Crippen molar-refractivity contribution < 1.29 is 4.79 Å². The van der Waals surface area contributed by atoms with Crippen molar-refractivity contribution in [3.63, 3.8) is 0 Å². The number of likely N-dealkylation sites (tertiary alicyclic amines) is 1. The molecule has 28 heavy (non-hydrogen) atoms. The van der Waals surface area contributed by atoms with Crippen LogP contribution in [0.2, 0.25) is 0 Å². The standard InChI is InChI=1S/C23H34N4O/c1-3-22-7-4-5-14-27(22)23(28)19(2)26-13-6-12-25(15-16-26)18-21-10-8-20(17-24)9-11-21/h8-11,19,22H,3-7,12-16,18H2,1-2H3. The van der Waals surface area contributed by atoms with Gasteiger partial charge in [-0.05, 0) is 63.3 Å². The Morgan fingerprint density at radius 2 is 1.89 bits per heavy atom. The molecule has 5 nitrogen and oxygen atoms in total. The molecule has 1 amide bonds. The Morgan fingerprint density at radius 3 is 2.61 bits per heavy atom. The number of amides is 1. The summed E-state index contributed by atoms with van der Waals surface area (Å²) < 4.78 is 0. The molecule has 0 bridgehead atoms. The molecule has 2 heterocycles. The molecule has 2 aliphatic heterocycles. The molecule has 0 saturated carbocycles.